The number of hydrogen-bond acceptors (Lipinski definition) is 2. The number of hydrogen-bond donors (Lipinski definition) is 0. The molecule has 1 atom stereocenters. The van der Waals surface area contributed by atoms with E-state index in [4.69, 9.17) is 4.74 Å². The van der Waals surface area contributed by atoms with Crippen LogP contribution in [-0.2, 0) is 4.74 Å². The first-order valence-electron chi connectivity index (χ1n) is 11.4. The first-order valence-corrected chi connectivity index (χ1v) is 11.4. The highest BCUT2D eigenvalue weighted by molar-refractivity contribution is 5.77. The largest absolute Gasteiger partial charge is 0.479 e. The standard InChI is InChI=1S/C23H45NO/c1-4-5-6-7-8-9-10-11-12-13-14-15-16-17-18-19-23-24-22(20-25-23)21(2)3/h21-22H,4-20H2,1-3H3. The Morgan fingerprint density at radius 1 is 0.760 bits per heavy atom. The molecule has 0 fully saturated rings. The molecule has 0 saturated carbocycles. The van der Waals surface area contributed by atoms with Crippen LogP contribution >= 0.6 is 0 Å². The van der Waals surface area contributed by atoms with Gasteiger partial charge in [0, 0.05) is 6.42 Å². The number of unbranched alkanes of at least 4 members (excludes halogenated alkanes) is 14. The summed E-state index contributed by atoms with van der Waals surface area (Å²) in [5, 5.41) is 0. The average molecular weight is 352 g/mol. The molecule has 0 bridgehead atoms. The van der Waals surface area contributed by atoms with Crippen LogP contribution in [0.15, 0.2) is 4.99 Å². The zero-order valence-electron chi connectivity index (χ0n) is 17.5. The minimum absolute atomic E-state index is 0.409. The van der Waals surface area contributed by atoms with E-state index in [0.717, 1.165) is 18.9 Å². The maximum Gasteiger partial charge on any atom is 0.183 e. The second-order valence-corrected chi connectivity index (χ2v) is 8.34. The molecule has 2 nitrogen and oxygen atoms in total. The van der Waals surface area contributed by atoms with Crippen molar-refractivity contribution in [1.29, 1.82) is 0 Å². The van der Waals surface area contributed by atoms with Gasteiger partial charge < -0.3 is 4.74 Å². The Balaban J connectivity index is 1.76. The van der Waals surface area contributed by atoms with E-state index in [-0.39, 0.29) is 0 Å². The molecule has 0 N–H and O–H groups in total. The van der Waals surface area contributed by atoms with Gasteiger partial charge in [-0.05, 0) is 12.3 Å². The molecule has 0 radical (unpaired) electrons. The van der Waals surface area contributed by atoms with Crippen molar-refractivity contribution in [3.05, 3.63) is 0 Å². The second kappa shape index (κ2) is 15.7. The lowest BCUT2D eigenvalue weighted by Gasteiger charge is -2.06. The lowest BCUT2D eigenvalue weighted by Crippen LogP contribution is -2.13. The van der Waals surface area contributed by atoms with Crippen LogP contribution in [0.4, 0.5) is 0 Å². The third-order valence-corrected chi connectivity index (χ3v) is 5.49. The summed E-state index contributed by atoms with van der Waals surface area (Å²) in [6.07, 6.45) is 22.3. The molecule has 0 aliphatic carbocycles. The van der Waals surface area contributed by atoms with Crippen molar-refractivity contribution >= 4 is 5.90 Å². The van der Waals surface area contributed by atoms with Crippen LogP contribution < -0.4 is 0 Å². The van der Waals surface area contributed by atoms with Gasteiger partial charge in [0.05, 0.1) is 6.04 Å². The predicted octanol–water partition coefficient (Wildman–Crippen LogP) is 7.70. The first-order chi connectivity index (χ1) is 12.2. The average Bonchev–Trinajstić information content (AvgIpc) is 3.07. The Morgan fingerprint density at radius 3 is 1.60 bits per heavy atom. The van der Waals surface area contributed by atoms with E-state index in [1.807, 2.05) is 0 Å². The van der Waals surface area contributed by atoms with Crippen LogP contribution in [0.1, 0.15) is 124 Å². The smallest absolute Gasteiger partial charge is 0.183 e. The highest BCUT2D eigenvalue weighted by Crippen LogP contribution is 2.17. The van der Waals surface area contributed by atoms with Crippen molar-refractivity contribution in [2.75, 3.05) is 6.61 Å². The van der Waals surface area contributed by atoms with Crippen LogP contribution in [0.25, 0.3) is 0 Å². The Labute approximate surface area is 158 Å². The molecule has 1 aliphatic heterocycles. The molecular formula is C23H45NO. The van der Waals surface area contributed by atoms with Crippen molar-refractivity contribution in [2.45, 2.75) is 130 Å². The lowest BCUT2D eigenvalue weighted by molar-refractivity contribution is 0.285. The Bertz CT molecular complexity index is 324. The van der Waals surface area contributed by atoms with Gasteiger partial charge in [0.2, 0.25) is 0 Å². The summed E-state index contributed by atoms with van der Waals surface area (Å²) in [7, 11) is 0. The molecule has 0 spiro atoms. The van der Waals surface area contributed by atoms with Crippen LogP contribution in [0.3, 0.4) is 0 Å². The quantitative estimate of drug-likeness (QED) is 0.246. The van der Waals surface area contributed by atoms with Crippen molar-refractivity contribution < 1.29 is 4.74 Å². The monoisotopic (exact) mass is 351 g/mol. The minimum Gasteiger partial charge on any atom is -0.479 e. The fourth-order valence-electron chi connectivity index (χ4n) is 3.57. The van der Waals surface area contributed by atoms with E-state index in [1.165, 1.54) is 96.3 Å². The minimum atomic E-state index is 0.409. The van der Waals surface area contributed by atoms with Crippen molar-refractivity contribution in [1.82, 2.24) is 0 Å². The van der Waals surface area contributed by atoms with Crippen LogP contribution in [-0.4, -0.2) is 18.5 Å². The van der Waals surface area contributed by atoms with Gasteiger partial charge in [0.15, 0.2) is 5.90 Å². The van der Waals surface area contributed by atoms with Crippen LogP contribution in [0.2, 0.25) is 0 Å². The number of ether oxygens (including phenoxy) is 1. The van der Waals surface area contributed by atoms with E-state index in [1.54, 1.807) is 0 Å². The normalized spacial score (nSPS) is 17.1. The van der Waals surface area contributed by atoms with Gasteiger partial charge in [-0.2, -0.15) is 0 Å². The summed E-state index contributed by atoms with van der Waals surface area (Å²) in [4.78, 5) is 4.69. The summed E-state index contributed by atoms with van der Waals surface area (Å²) in [6, 6.07) is 0.409. The Morgan fingerprint density at radius 2 is 1.20 bits per heavy atom. The first kappa shape index (κ1) is 22.5. The lowest BCUT2D eigenvalue weighted by atomic mass is 10.0. The van der Waals surface area contributed by atoms with Gasteiger partial charge in [-0.15, -0.1) is 0 Å². The maximum absolute atomic E-state index is 5.70. The predicted molar refractivity (Wildman–Crippen MR) is 112 cm³/mol. The fourth-order valence-corrected chi connectivity index (χ4v) is 3.57. The van der Waals surface area contributed by atoms with Crippen molar-refractivity contribution in [3.63, 3.8) is 0 Å². The summed E-state index contributed by atoms with van der Waals surface area (Å²) < 4.78 is 5.70. The molecule has 1 heterocycles. The molecule has 2 heteroatoms. The molecule has 25 heavy (non-hydrogen) atoms. The van der Waals surface area contributed by atoms with Crippen LogP contribution in [0.5, 0.6) is 0 Å². The third kappa shape index (κ3) is 12.5. The molecule has 0 aromatic rings. The molecule has 0 saturated heterocycles. The molecule has 1 rings (SSSR count). The highest BCUT2D eigenvalue weighted by atomic mass is 16.5. The zero-order valence-corrected chi connectivity index (χ0v) is 17.5. The van der Waals surface area contributed by atoms with E-state index in [0.29, 0.717) is 12.0 Å². The van der Waals surface area contributed by atoms with Gasteiger partial charge in [-0.1, -0.05) is 111 Å². The van der Waals surface area contributed by atoms with Gasteiger partial charge in [-0.3, -0.25) is 0 Å². The molecule has 1 aliphatic rings. The summed E-state index contributed by atoms with van der Waals surface area (Å²) in [5.41, 5.74) is 0. The van der Waals surface area contributed by atoms with Crippen molar-refractivity contribution in [2.24, 2.45) is 10.9 Å². The third-order valence-electron chi connectivity index (χ3n) is 5.49. The molecule has 0 amide bonds. The van der Waals surface area contributed by atoms with Gasteiger partial charge in [0.25, 0.3) is 0 Å². The fraction of sp³-hybridized carbons (Fsp3) is 0.957. The molecule has 148 valence electrons. The highest BCUT2D eigenvalue weighted by Gasteiger charge is 2.20. The maximum atomic E-state index is 5.70. The Kier molecular flexibility index (Phi) is 14.1. The molecular weight excluding hydrogens is 306 g/mol. The van der Waals surface area contributed by atoms with Gasteiger partial charge in [-0.25, -0.2) is 4.99 Å². The summed E-state index contributed by atoms with van der Waals surface area (Å²) in [6.45, 7) is 7.56. The van der Waals surface area contributed by atoms with Crippen molar-refractivity contribution in [3.8, 4) is 0 Å². The second-order valence-electron chi connectivity index (χ2n) is 8.34. The van der Waals surface area contributed by atoms with E-state index in [9.17, 15) is 0 Å². The SMILES string of the molecule is CCCCCCCCCCCCCCCCCC1=NC(C(C)C)CO1. The summed E-state index contributed by atoms with van der Waals surface area (Å²) >= 11 is 0. The molecule has 0 aromatic heterocycles. The van der Waals surface area contributed by atoms with E-state index in [2.05, 4.69) is 25.8 Å². The number of nitrogens with zero attached hydrogens (tertiary/aromatic N) is 1. The van der Waals surface area contributed by atoms with E-state index >= 15 is 0 Å². The number of aliphatic imine (C=N–C) groups is 1. The summed E-state index contributed by atoms with van der Waals surface area (Å²) in [5.74, 6) is 1.63. The van der Waals surface area contributed by atoms with Gasteiger partial charge >= 0.3 is 0 Å². The number of rotatable bonds is 17. The van der Waals surface area contributed by atoms with Gasteiger partial charge in [0.1, 0.15) is 6.61 Å². The van der Waals surface area contributed by atoms with Crippen LogP contribution in [0, 0.1) is 5.92 Å². The Hall–Kier alpha value is -0.530. The molecule has 1 unspecified atom stereocenters. The molecule has 0 aromatic carbocycles. The van der Waals surface area contributed by atoms with E-state index < -0.39 is 0 Å². The topological polar surface area (TPSA) is 21.6 Å². The zero-order chi connectivity index (χ0) is 18.2.